The van der Waals surface area contributed by atoms with Gasteiger partial charge in [0, 0.05) is 19.5 Å². The Balaban J connectivity index is 1.40. The zero-order valence-electron chi connectivity index (χ0n) is 23.5. The van der Waals surface area contributed by atoms with Gasteiger partial charge in [0.25, 0.3) is 11.8 Å². The lowest BCUT2D eigenvalue weighted by molar-refractivity contribution is -0.140. The van der Waals surface area contributed by atoms with Crippen molar-refractivity contribution < 1.29 is 37.0 Å². The maximum absolute atomic E-state index is 13.8. The molecular formula is C27H37N5O8S. The van der Waals surface area contributed by atoms with Gasteiger partial charge in [-0.05, 0) is 51.4 Å². The zero-order valence-corrected chi connectivity index (χ0v) is 24.3. The number of carbonyl (C=O) groups is 3. The zero-order chi connectivity index (χ0) is 29.4. The summed E-state index contributed by atoms with van der Waals surface area (Å²) < 4.78 is 43.8. The molecule has 0 unspecified atom stereocenters. The van der Waals surface area contributed by atoms with Gasteiger partial charge >= 0.3 is 6.01 Å². The summed E-state index contributed by atoms with van der Waals surface area (Å²) >= 11 is 0. The topological polar surface area (TPSA) is 166 Å². The number of ether oxygens (including phenoxy) is 3. The Kier molecular flexibility index (Phi) is 8.13. The van der Waals surface area contributed by atoms with E-state index < -0.39 is 50.6 Å². The summed E-state index contributed by atoms with van der Waals surface area (Å²) in [5, 5.41) is 2.30. The fourth-order valence-electron chi connectivity index (χ4n) is 5.74. The molecule has 224 valence electrons. The Hall–Kier alpha value is -3.42. The maximum Gasteiger partial charge on any atom is 0.319 e. The number of carbonyl (C=O) groups excluding carboxylic acids is 3. The first-order valence-corrected chi connectivity index (χ1v) is 15.5. The van der Waals surface area contributed by atoms with Crippen molar-refractivity contribution in [3.63, 3.8) is 0 Å². The van der Waals surface area contributed by atoms with Crippen LogP contribution in [0.15, 0.2) is 18.3 Å². The van der Waals surface area contributed by atoms with E-state index in [0.29, 0.717) is 19.4 Å². The predicted molar refractivity (Wildman–Crippen MR) is 145 cm³/mol. The third-order valence-corrected chi connectivity index (χ3v) is 10.2. The Morgan fingerprint density at radius 3 is 2.61 bits per heavy atom. The monoisotopic (exact) mass is 591 g/mol. The molecule has 2 heterocycles. The summed E-state index contributed by atoms with van der Waals surface area (Å²) in [5.74, 6) is -2.81. The summed E-state index contributed by atoms with van der Waals surface area (Å²) in [7, 11) is 0.782. The molecule has 5 atom stereocenters. The van der Waals surface area contributed by atoms with Gasteiger partial charge in [0.1, 0.15) is 11.6 Å². The van der Waals surface area contributed by atoms with E-state index in [2.05, 4.69) is 20.0 Å². The molecule has 1 aromatic heterocycles. The third-order valence-electron chi connectivity index (χ3n) is 8.37. The molecule has 4 aliphatic rings. The van der Waals surface area contributed by atoms with Crippen molar-refractivity contribution in [1.82, 2.24) is 24.9 Å². The number of hydrogen-bond donors (Lipinski definition) is 2. The minimum absolute atomic E-state index is 0.102. The highest BCUT2D eigenvalue weighted by atomic mass is 32.2. The van der Waals surface area contributed by atoms with Gasteiger partial charge in [-0.25, -0.2) is 8.42 Å². The van der Waals surface area contributed by atoms with Crippen LogP contribution in [0.3, 0.4) is 0 Å². The standard InChI is InChI=1S/C27H37N5O8S/c1-32-11-7-5-4-6-8-16-14-27(16,25(35)31-41(36,37)18-9-10-18)30-22(33)19-12-17(13-20(19)24(32)34)40-21-15-28-26(39-3)29-23(21)38-2/h6,8,15-20H,4-5,7,9-14H2,1-3H3,(H,30,33)(H,31,35)/b8-6+/t16-,17+,19+,20+,27-/m0/s1. The molecule has 3 amide bonds. The second-order valence-corrected chi connectivity index (χ2v) is 13.2. The summed E-state index contributed by atoms with van der Waals surface area (Å²) in [5.41, 5.74) is -1.38. The lowest BCUT2D eigenvalue weighted by atomic mass is 9.93. The number of nitrogens with zero attached hydrogens (tertiary/aromatic N) is 3. The second-order valence-electron chi connectivity index (χ2n) is 11.3. The Bertz CT molecular complexity index is 1330. The largest absolute Gasteiger partial charge is 0.483 e. The van der Waals surface area contributed by atoms with Crippen LogP contribution in [0.4, 0.5) is 0 Å². The molecule has 41 heavy (non-hydrogen) atoms. The molecule has 2 N–H and O–H groups in total. The minimum atomic E-state index is -3.80. The molecule has 3 aliphatic carbocycles. The minimum Gasteiger partial charge on any atom is -0.483 e. The highest BCUT2D eigenvalue weighted by molar-refractivity contribution is 7.91. The molecular weight excluding hydrogens is 554 g/mol. The van der Waals surface area contributed by atoms with Gasteiger partial charge in [-0.3, -0.25) is 19.1 Å². The Labute approximate surface area is 239 Å². The fourth-order valence-corrected chi connectivity index (χ4v) is 7.10. The molecule has 0 spiro atoms. The van der Waals surface area contributed by atoms with Gasteiger partial charge in [-0.15, -0.1) is 0 Å². The molecule has 0 aromatic carbocycles. The molecule has 0 radical (unpaired) electrons. The van der Waals surface area contributed by atoms with Crippen LogP contribution in [0.1, 0.15) is 51.4 Å². The molecule has 14 heteroatoms. The van der Waals surface area contributed by atoms with Crippen molar-refractivity contribution in [3.05, 3.63) is 18.3 Å². The highest BCUT2D eigenvalue weighted by Crippen LogP contribution is 2.47. The number of allylic oxidation sites excluding steroid dienone is 1. The van der Waals surface area contributed by atoms with E-state index in [1.807, 2.05) is 12.2 Å². The van der Waals surface area contributed by atoms with E-state index in [1.165, 1.54) is 20.4 Å². The molecule has 0 bridgehead atoms. The lowest BCUT2D eigenvalue weighted by Crippen LogP contribution is -2.54. The van der Waals surface area contributed by atoms with Crippen LogP contribution in [-0.2, 0) is 24.4 Å². The Morgan fingerprint density at radius 2 is 1.90 bits per heavy atom. The Morgan fingerprint density at radius 1 is 1.15 bits per heavy atom. The van der Waals surface area contributed by atoms with Gasteiger partial charge in [0.05, 0.1) is 37.5 Å². The average Bonchev–Trinajstić information content (AvgIpc) is 3.87. The molecule has 3 saturated carbocycles. The lowest BCUT2D eigenvalue weighted by Gasteiger charge is -2.26. The number of amides is 3. The summed E-state index contributed by atoms with van der Waals surface area (Å²) in [4.78, 5) is 50.6. The summed E-state index contributed by atoms with van der Waals surface area (Å²) in [6.45, 7) is 0.554. The molecule has 1 aliphatic heterocycles. The summed E-state index contributed by atoms with van der Waals surface area (Å²) in [6.07, 6.45) is 8.86. The first kappa shape index (κ1) is 29.1. The van der Waals surface area contributed by atoms with Crippen molar-refractivity contribution in [2.75, 3.05) is 27.8 Å². The van der Waals surface area contributed by atoms with Gasteiger partial charge < -0.3 is 24.4 Å². The quantitative estimate of drug-likeness (QED) is 0.436. The SMILES string of the molecule is COc1ncc(O[C@@H]2C[C@H]3C(=O)N[C@@]4(C(=O)NS(=O)(=O)C5CC5)C[C@@H]4/C=C/CCCCN(C)C(=O)[C@@H]3C2)c(OC)n1. The molecule has 13 nitrogen and oxygen atoms in total. The first-order chi connectivity index (χ1) is 19.6. The van der Waals surface area contributed by atoms with Crippen molar-refractivity contribution in [1.29, 1.82) is 0 Å². The third kappa shape index (κ3) is 6.11. The van der Waals surface area contributed by atoms with Crippen molar-refractivity contribution in [2.24, 2.45) is 17.8 Å². The highest BCUT2D eigenvalue weighted by Gasteiger charge is 2.62. The molecule has 1 aromatic rings. The number of hydrogen-bond acceptors (Lipinski definition) is 10. The van der Waals surface area contributed by atoms with Crippen molar-refractivity contribution in [3.8, 4) is 17.6 Å². The van der Waals surface area contributed by atoms with E-state index in [0.717, 1.165) is 19.3 Å². The van der Waals surface area contributed by atoms with Crippen LogP contribution in [-0.4, -0.2) is 85.7 Å². The number of fused-ring (bicyclic) bond motifs is 2. The number of rotatable bonds is 7. The maximum atomic E-state index is 13.8. The number of methoxy groups -OCH3 is 2. The second kappa shape index (κ2) is 11.5. The van der Waals surface area contributed by atoms with Gasteiger partial charge in [0.15, 0.2) is 0 Å². The van der Waals surface area contributed by atoms with E-state index >= 15 is 0 Å². The number of sulfonamides is 1. The van der Waals surface area contributed by atoms with E-state index in [4.69, 9.17) is 14.2 Å². The van der Waals surface area contributed by atoms with E-state index in [1.54, 1.807) is 11.9 Å². The first-order valence-electron chi connectivity index (χ1n) is 14.0. The number of aromatic nitrogens is 2. The van der Waals surface area contributed by atoms with Crippen LogP contribution in [0, 0.1) is 17.8 Å². The average molecular weight is 592 g/mol. The summed E-state index contributed by atoms with van der Waals surface area (Å²) in [6, 6.07) is 0.102. The number of nitrogens with one attached hydrogen (secondary N) is 2. The van der Waals surface area contributed by atoms with Crippen LogP contribution < -0.4 is 24.2 Å². The van der Waals surface area contributed by atoms with Crippen LogP contribution in [0.5, 0.6) is 17.6 Å². The van der Waals surface area contributed by atoms with Crippen molar-refractivity contribution in [2.45, 2.75) is 68.3 Å². The molecule has 0 saturated heterocycles. The van der Waals surface area contributed by atoms with Gasteiger partial charge in [-0.1, -0.05) is 12.2 Å². The van der Waals surface area contributed by atoms with E-state index in [9.17, 15) is 22.8 Å². The predicted octanol–water partition coefficient (Wildman–Crippen LogP) is 0.949. The normalized spacial score (nSPS) is 31.1. The molecule has 5 rings (SSSR count). The van der Waals surface area contributed by atoms with Crippen LogP contribution in [0.2, 0.25) is 0 Å². The van der Waals surface area contributed by atoms with Gasteiger partial charge in [-0.2, -0.15) is 9.97 Å². The van der Waals surface area contributed by atoms with Crippen LogP contribution >= 0.6 is 0 Å². The van der Waals surface area contributed by atoms with Crippen molar-refractivity contribution >= 4 is 27.7 Å². The van der Waals surface area contributed by atoms with Gasteiger partial charge in [0.2, 0.25) is 27.6 Å². The van der Waals surface area contributed by atoms with Crippen LogP contribution in [0.25, 0.3) is 0 Å². The fraction of sp³-hybridized carbons (Fsp3) is 0.667. The van der Waals surface area contributed by atoms with E-state index in [-0.39, 0.29) is 48.7 Å². The molecule has 3 fully saturated rings. The smallest absolute Gasteiger partial charge is 0.319 e.